The first-order valence-corrected chi connectivity index (χ1v) is 8.20. The number of halogens is 3. The van der Waals surface area contributed by atoms with Gasteiger partial charge in [-0.1, -0.05) is 12.1 Å². The Morgan fingerprint density at radius 2 is 1.89 bits per heavy atom. The normalized spacial score (nSPS) is 11.1. The smallest absolute Gasteiger partial charge is 0.422 e. The maximum atomic E-state index is 12.3. The van der Waals surface area contributed by atoms with E-state index >= 15 is 0 Å². The molecular formula is C19H21F3N2O3. The van der Waals surface area contributed by atoms with E-state index in [1.165, 1.54) is 13.2 Å². The number of nitrogen functional groups attached to an aromatic ring is 1. The van der Waals surface area contributed by atoms with Gasteiger partial charge in [0.05, 0.1) is 7.11 Å². The number of alkyl halides is 3. The van der Waals surface area contributed by atoms with Crippen LogP contribution in [0.5, 0.6) is 11.5 Å². The summed E-state index contributed by atoms with van der Waals surface area (Å²) >= 11 is 0. The number of benzene rings is 2. The van der Waals surface area contributed by atoms with Crippen molar-refractivity contribution in [2.24, 2.45) is 0 Å². The standard InChI is InChI=1S/C19H21F3N2O3/c1-12-3-6-14(23)10-15(12)24-18(25)8-5-13-4-7-16(17(9-13)26-2)27-11-19(20,21)22/h3-4,6-7,9-10H,5,8,11,23H2,1-2H3,(H,24,25). The van der Waals surface area contributed by atoms with E-state index in [0.717, 1.165) is 11.1 Å². The zero-order valence-corrected chi connectivity index (χ0v) is 15.0. The third-order valence-corrected chi connectivity index (χ3v) is 3.80. The van der Waals surface area contributed by atoms with Crippen molar-refractivity contribution in [1.29, 1.82) is 0 Å². The molecule has 0 bridgehead atoms. The van der Waals surface area contributed by atoms with Crippen molar-refractivity contribution in [2.75, 3.05) is 24.8 Å². The number of aryl methyl sites for hydroxylation is 2. The Labute approximate surface area is 155 Å². The lowest BCUT2D eigenvalue weighted by molar-refractivity contribution is -0.153. The molecule has 2 aromatic carbocycles. The van der Waals surface area contributed by atoms with Gasteiger partial charge >= 0.3 is 6.18 Å². The van der Waals surface area contributed by atoms with Crippen molar-refractivity contribution in [1.82, 2.24) is 0 Å². The molecular weight excluding hydrogens is 361 g/mol. The summed E-state index contributed by atoms with van der Waals surface area (Å²) in [6.07, 6.45) is -3.84. The minimum atomic E-state index is -4.43. The van der Waals surface area contributed by atoms with Gasteiger partial charge in [-0.05, 0) is 48.7 Å². The van der Waals surface area contributed by atoms with Crippen molar-refractivity contribution in [3.8, 4) is 11.5 Å². The average molecular weight is 382 g/mol. The van der Waals surface area contributed by atoms with E-state index in [-0.39, 0.29) is 23.8 Å². The summed E-state index contributed by atoms with van der Waals surface area (Å²) < 4.78 is 46.7. The van der Waals surface area contributed by atoms with Crippen LogP contribution in [0.25, 0.3) is 0 Å². The van der Waals surface area contributed by atoms with Gasteiger partial charge in [-0.3, -0.25) is 4.79 Å². The van der Waals surface area contributed by atoms with Crippen LogP contribution in [-0.2, 0) is 11.2 Å². The average Bonchev–Trinajstić information content (AvgIpc) is 2.61. The van der Waals surface area contributed by atoms with Crippen LogP contribution in [0.3, 0.4) is 0 Å². The SMILES string of the molecule is COc1cc(CCC(=O)Nc2cc(N)ccc2C)ccc1OCC(F)(F)F. The lowest BCUT2D eigenvalue weighted by atomic mass is 10.1. The Hall–Kier alpha value is -2.90. The van der Waals surface area contributed by atoms with Crippen LogP contribution in [0, 0.1) is 6.92 Å². The number of rotatable bonds is 7. The van der Waals surface area contributed by atoms with Gasteiger partial charge in [0.25, 0.3) is 0 Å². The third-order valence-electron chi connectivity index (χ3n) is 3.80. The molecule has 0 unspecified atom stereocenters. The zero-order chi connectivity index (χ0) is 20.0. The van der Waals surface area contributed by atoms with Crippen LogP contribution in [0.2, 0.25) is 0 Å². The number of carbonyl (C=O) groups excluding carboxylic acids is 1. The van der Waals surface area contributed by atoms with Crippen LogP contribution >= 0.6 is 0 Å². The fraction of sp³-hybridized carbons (Fsp3) is 0.316. The number of anilines is 2. The predicted molar refractivity (Wildman–Crippen MR) is 97.1 cm³/mol. The second-order valence-electron chi connectivity index (χ2n) is 6.01. The largest absolute Gasteiger partial charge is 0.493 e. The highest BCUT2D eigenvalue weighted by Gasteiger charge is 2.29. The number of nitrogens with one attached hydrogen (secondary N) is 1. The Kier molecular flexibility index (Phi) is 6.55. The molecule has 0 aromatic heterocycles. The lowest BCUT2D eigenvalue weighted by Crippen LogP contribution is -2.19. The first-order chi connectivity index (χ1) is 12.7. The summed E-state index contributed by atoms with van der Waals surface area (Å²) in [7, 11) is 1.34. The van der Waals surface area contributed by atoms with Gasteiger partial charge in [-0.25, -0.2) is 0 Å². The Morgan fingerprint density at radius 1 is 1.15 bits per heavy atom. The Bertz CT molecular complexity index is 807. The second-order valence-corrected chi connectivity index (χ2v) is 6.01. The molecule has 0 heterocycles. The van der Waals surface area contributed by atoms with E-state index in [4.69, 9.17) is 15.2 Å². The van der Waals surface area contributed by atoms with Crippen LogP contribution < -0.4 is 20.5 Å². The highest BCUT2D eigenvalue weighted by Crippen LogP contribution is 2.30. The van der Waals surface area contributed by atoms with E-state index in [1.807, 2.05) is 13.0 Å². The summed E-state index contributed by atoms with van der Waals surface area (Å²) in [4.78, 5) is 12.2. The molecule has 3 N–H and O–H groups in total. The van der Waals surface area contributed by atoms with Gasteiger partial charge in [0.15, 0.2) is 18.1 Å². The molecule has 0 fully saturated rings. The minimum Gasteiger partial charge on any atom is -0.493 e. The molecule has 0 spiro atoms. The number of hydrogen-bond acceptors (Lipinski definition) is 4. The van der Waals surface area contributed by atoms with Gasteiger partial charge < -0.3 is 20.5 Å². The van der Waals surface area contributed by atoms with Gasteiger partial charge in [-0.15, -0.1) is 0 Å². The first kappa shape index (κ1) is 20.4. The number of amides is 1. The molecule has 2 rings (SSSR count). The molecule has 2 aromatic rings. The van der Waals surface area contributed by atoms with E-state index in [9.17, 15) is 18.0 Å². The van der Waals surface area contributed by atoms with E-state index in [2.05, 4.69) is 5.32 Å². The van der Waals surface area contributed by atoms with Crippen molar-refractivity contribution >= 4 is 17.3 Å². The topological polar surface area (TPSA) is 73.6 Å². The summed E-state index contributed by atoms with van der Waals surface area (Å²) in [6, 6.07) is 9.82. The molecule has 0 aliphatic heterocycles. The van der Waals surface area contributed by atoms with Crippen LogP contribution in [0.1, 0.15) is 17.5 Å². The maximum absolute atomic E-state index is 12.3. The quantitative estimate of drug-likeness (QED) is 0.707. The second kappa shape index (κ2) is 8.66. The monoisotopic (exact) mass is 382 g/mol. The van der Waals surface area contributed by atoms with Gasteiger partial charge in [-0.2, -0.15) is 13.2 Å². The Balaban J connectivity index is 1.96. The maximum Gasteiger partial charge on any atom is 0.422 e. The molecule has 8 heteroatoms. The number of carbonyl (C=O) groups is 1. The van der Waals surface area contributed by atoms with Crippen LogP contribution in [-0.4, -0.2) is 25.8 Å². The Morgan fingerprint density at radius 3 is 2.56 bits per heavy atom. The zero-order valence-electron chi connectivity index (χ0n) is 15.0. The summed E-state index contributed by atoms with van der Waals surface area (Å²) in [6.45, 7) is 0.463. The number of nitrogens with two attached hydrogens (primary N) is 1. The molecule has 1 amide bonds. The fourth-order valence-corrected chi connectivity index (χ4v) is 2.39. The van der Waals surface area contributed by atoms with Crippen LogP contribution in [0.4, 0.5) is 24.5 Å². The van der Waals surface area contributed by atoms with Crippen molar-refractivity contribution in [3.05, 3.63) is 47.5 Å². The van der Waals surface area contributed by atoms with Crippen molar-refractivity contribution in [3.63, 3.8) is 0 Å². The number of ether oxygens (including phenoxy) is 2. The molecule has 27 heavy (non-hydrogen) atoms. The van der Waals surface area contributed by atoms with E-state index in [1.54, 1.807) is 24.3 Å². The molecule has 0 atom stereocenters. The number of hydrogen-bond donors (Lipinski definition) is 2. The van der Waals surface area contributed by atoms with Crippen molar-refractivity contribution < 1.29 is 27.4 Å². The summed E-state index contributed by atoms with van der Waals surface area (Å²) in [5.41, 5.74) is 8.55. The highest BCUT2D eigenvalue weighted by atomic mass is 19.4. The minimum absolute atomic E-state index is 0.00147. The summed E-state index contributed by atoms with van der Waals surface area (Å²) in [5.74, 6) is -0.0117. The molecule has 146 valence electrons. The molecule has 0 radical (unpaired) electrons. The molecule has 0 saturated carbocycles. The number of methoxy groups -OCH3 is 1. The summed E-state index contributed by atoms with van der Waals surface area (Å²) in [5, 5.41) is 2.80. The molecule has 5 nitrogen and oxygen atoms in total. The van der Waals surface area contributed by atoms with Gasteiger partial charge in [0.2, 0.25) is 5.91 Å². The fourth-order valence-electron chi connectivity index (χ4n) is 2.39. The van der Waals surface area contributed by atoms with E-state index in [0.29, 0.717) is 17.8 Å². The molecule has 0 aliphatic rings. The lowest BCUT2D eigenvalue weighted by Gasteiger charge is -2.14. The first-order valence-electron chi connectivity index (χ1n) is 8.20. The van der Waals surface area contributed by atoms with Gasteiger partial charge in [0, 0.05) is 17.8 Å². The predicted octanol–water partition coefficient (Wildman–Crippen LogP) is 4.10. The van der Waals surface area contributed by atoms with Gasteiger partial charge in [0.1, 0.15) is 0 Å². The van der Waals surface area contributed by atoms with E-state index < -0.39 is 12.8 Å². The highest BCUT2D eigenvalue weighted by molar-refractivity contribution is 5.92. The third kappa shape index (κ3) is 6.40. The molecule has 0 aliphatic carbocycles. The van der Waals surface area contributed by atoms with Crippen LogP contribution in [0.15, 0.2) is 36.4 Å². The molecule has 0 saturated heterocycles. The van der Waals surface area contributed by atoms with Crippen molar-refractivity contribution in [2.45, 2.75) is 25.9 Å².